The van der Waals surface area contributed by atoms with Gasteiger partial charge in [0.1, 0.15) is 12.2 Å². The minimum Gasteiger partial charge on any atom is -0.312 e. The van der Waals surface area contributed by atoms with Gasteiger partial charge >= 0.3 is 0 Å². The number of aromatic nitrogens is 3. The van der Waals surface area contributed by atoms with Crippen LogP contribution in [0.2, 0.25) is 0 Å². The summed E-state index contributed by atoms with van der Waals surface area (Å²) in [6, 6.07) is 36.6. The molecule has 176 valence electrons. The maximum atomic E-state index is 4.50. The highest BCUT2D eigenvalue weighted by Gasteiger charge is 2.14. The molecule has 0 radical (unpaired) electrons. The summed E-state index contributed by atoms with van der Waals surface area (Å²) in [7, 11) is 0. The van der Waals surface area contributed by atoms with E-state index >= 15 is 0 Å². The number of rotatable bonds is 11. The fourth-order valence-electron chi connectivity index (χ4n) is 4.71. The zero-order valence-electron chi connectivity index (χ0n) is 20.1. The predicted octanol–water partition coefficient (Wildman–Crippen LogP) is 6.50. The highest BCUT2D eigenvalue weighted by atomic mass is 15.3. The number of benzene rings is 4. The SMILES string of the molecule is c1ccc(CCCCN(Cc2cccc3ccccc23)Cc2nncn2Cc2ccccc2)cc1. The van der Waals surface area contributed by atoms with Gasteiger partial charge in [-0.05, 0) is 53.3 Å². The van der Waals surface area contributed by atoms with E-state index in [1.807, 2.05) is 6.33 Å². The molecule has 0 saturated heterocycles. The molecule has 0 atom stereocenters. The number of nitrogens with zero attached hydrogens (tertiary/aromatic N) is 4. The average molecular weight is 461 g/mol. The molecule has 5 rings (SSSR count). The van der Waals surface area contributed by atoms with E-state index in [1.54, 1.807) is 0 Å². The molecule has 1 aromatic heterocycles. The Balaban J connectivity index is 1.31. The van der Waals surface area contributed by atoms with Gasteiger partial charge in [-0.15, -0.1) is 10.2 Å². The van der Waals surface area contributed by atoms with Gasteiger partial charge in [0.15, 0.2) is 0 Å². The minimum absolute atomic E-state index is 0.779. The molecule has 0 aliphatic carbocycles. The van der Waals surface area contributed by atoms with Crippen molar-refractivity contribution in [3.8, 4) is 0 Å². The Morgan fingerprint density at radius 1 is 0.657 bits per heavy atom. The van der Waals surface area contributed by atoms with E-state index in [0.717, 1.165) is 44.8 Å². The standard InChI is InChI=1S/C31H32N4/c1-3-12-26(13-4-1)14-9-10-21-34(23-29-19-11-18-28-17-7-8-20-30(28)29)24-31-33-32-25-35(31)22-27-15-5-2-6-16-27/h1-8,11-13,15-20,25H,9-10,14,21-24H2. The van der Waals surface area contributed by atoms with E-state index in [9.17, 15) is 0 Å². The topological polar surface area (TPSA) is 34.0 Å². The Morgan fingerprint density at radius 2 is 1.37 bits per heavy atom. The summed E-state index contributed by atoms with van der Waals surface area (Å²) in [5, 5.41) is 11.4. The van der Waals surface area contributed by atoms with E-state index in [1.165, 1.54) is 33.9 Å². The molecule has 4 heteroatoms. The zero-order chi connectivity index (χ0) is 23.7. The molecule has 5 aromatic rings. The van der Waals surface area contributed by atoms with Crippen LogP contribution in [0.3, 0.4) is 0 Å². The molecule has 0 bridgehead atoms. The number of hydrogen-bond acceptors (Lipinski definition) is 3. The molecule has 0 aliphatic heterocycles. The molecule has 0 spiro atoms. The van der Waals surface area contributed by atoms with Crippen molar-refractivity contribution in [3.63, 3.8) is 0 Å². The summed E-state index contributed by atoms with van der Waals surface area (Å²) < 4.78 is 2.18. The maximum Gasteiger partial charge on any atom is 0.147 e. The molecule has 0 saturated carbocycles. The Morgan fingerprint density at radius 3 is 2.20 bits per heavy atom. The fraction of sp³-hybridized carbons (Fsp3) is 0.226. The molecule has 4 nitrogen and oxygen atoms in total. The maximum absolute atomic E-state index is 4.50. The number of unbranched alkanes of at least 4 members (excludes halogenated alkanes) is 1. The van der Waals surface area contributed by atoms with Gasteiger partial charge in [0.25, 0.3) is 0 Å². The van der Waals surface area contributed by atoms with Gasteiger partial charge in [0, 0.05) is 6.54 Å². The second kappa shape index (κ2) is 11.6. The lowest BCUT2D eigenvalue weighted by atomic mass is 10.0. The number of hydrogen-bond donors (Lipinski definition) is 0. The van der Waals surface area contributed by atoms with Crippen molar-refractivity contribution in [3.05, 3.63) is 132 Å². The molecule has 0 fully saturated rings. The molecule has 0 amide bonds. The van der Waals surface area contributed by atoms with Crippen LogP contribution < -0.4 is 0 Å². The highest BCUT2D eigenvalue weighted by molar-refractivity contribution is 5.85. The van der Waals surface area contributed by atoms with Gasteiger partial charge in [0.05, 0.1) is 13.1 Å². The smallest absolute Gasteiger partial charge is 0.147 e. The second-order valence-electron chi connectivity index (χ2n) is 9.15. The third-order valence-electron chi connectivity index (χ3n) is 6.56. The van der Waals surface area contributed by atoms with Crippen LogP contribution in [0.25, 0.3) is 10.8 Å². The monoisotopic (exact) mass is 460 g/mol. The van der Waals surface area contributed by atoms with Crippen LogP contribution in [0.5, 0.6) is 0 Å². The summed E-state index contributed by atoms with van der Waals surface area (Å²) in [6.07, 6.45) is 5.29. The van der Waals surface area contributed by atoms with Gasteiger partial charge in [-0.25, -0.2) is 0 Å². The Hall–Kier alpha value is -3.76. The zero-order valence-corrected chi connectivity index (χ0v) is 20.1. The van der Waals surface area contributed by atoms with Crippen molar-refractivity contribution in [2.24, 2.45) is 0 Å². The van der Waals surface area contributed by atoms with Crippen LogP contribution in [0.4, 0.5) is 0 Å². The van der Waals surface area contributed by atoms with Crippen molar-refractivity contribution in [1.29, 1.82) is 0 Å². The molecule has 0 unspecified atom stereocenters. The average Bonchev–Trinajstić information content (AvgIpc) is 3.34. The van der Waals surface area contributed by atoms with Gasteiger partial charge in [-0.1, -0.05) is 103 Å². The van der Waals surface area contributed by atoms with E-state index in [0.29, 0.717) is 0 Å². The largest absolute Gasteiger partial charge is 0.312 e. The van der Waals surface area contributed by atoms with Crippen molar-refractivity contribution < 1.29 is 0 Å². The lowest BCUT2D eigenvalue weighted by Gasteiger charge is -2.23. The summed E-state index contributed by atoms with van der Waals surface area (Å²) in [4.78, 5) is 2.53. The van der Waals surface area contributed by atoms with Gasteiger partial charge in [-0.2, -0.15) is 0 Å². The van der Waals surface area contributed by atoms with Crippen LogP contribution in [0.1, 0.15) is 35.4 Å². The van der Waals surface area contributed by atoms with Gasteiger partial charge < -0.3 is 4.57 Å². The highest BCUT2D eigenvalue weighted by Crippen LogP contribution is 2.21. The van der Waals surface area contributed by atoms with Gasteiger partial charge in [0.2, 0.25) is 0 Å². The predicted molar refractivity (Wildman–Crippen MR) is 143 cm³/mol. The first kappa shape index (κ1) is 23.0. The lowest BCUT2D eigenvalue weighted by Crippen LogP contribution is -2.26. The van der Waals surface area contributed by atoms with E-state index in [-0.39, 0.29) is 0 Å². The van der Waals surface area contributed by atoms with Crippen molar-refractivity contribution in [2.75, 3.05) is 6.54 Å². The number of fused-ring (bicyclic) bond motifs is 1. The first-order valence-corrected chi connectivity index (χ1v) is 12.5. The van der Waals surface area contributed by atoms with E-state index in [4.69, 9.17) is 0 Å². The number of aryl methyl sites for hydroxylation is 1. The first-order chi connectivity index (χ1) is 17.3. The Kier molecular flexibility index (Phi) is 7.61. The van der Waals surface area contributed by atoms with Crippen LogP contribution in [-0.2, 0) is 26.1 Å². The first-order valence-electron chi connectivity index (χ1n) is 12.5. The normalized spacial score (nSPS) is 11.3. The van der Waals surface area contributed by atoms with Crippen LogP contribution in [0, 0.1) is 0 Å². The molecule has 0 N–H and O–H groups in total. The quantitative estimate of drug-likeness (QED) is 0.211. The van der Waals surface area contributed by atoms with Gasteiger partial charge in [-0.3, -0.25) is 4.90 Å². The Labute approximate surface area is 207 Å². The Bertz CT molecular complexity index is 1320. The van der Waals surface area contributed by atoms with Crippen LogP contribution in [0.15, 0.2) is 109 Å². The molecule has 35 heavy (non-hydrogen) atoms. The summed E-state index contributed by atoms with van der Waals surface area (Å²) in [5.41, 5.74) is 4.04. The molecule has 1 heterocycles. The van der Waals surface area contributed by atoms with Crippen molar-refractivity contribution >= 4 is 10.8 Å². The third-order valence-corrected chi connectivity index (χ3v) is 6.56. The fourth-order valence-corrected chi connectivity index (χ4v) is 4.71. The van der Waals surface area contributed by atoms with Crippen molar-refractivity contribution in [2.45, 2.75) is 38.9 Å². The third kappa shape index (κ3) is 6.23. The van der Waals surface area contributed by atoms with E-state index in [2.05, 4.69) is 123 Å². The summed E-state index contributed by atoms with van der Waals surface area (Å²) in [6.45, 7) is 3.49. The molecular weight excluding hydrogens is 428 g/mol. The molecule has 4 aromatic carbocycles. The molecular formula is C31H32N4. The summed E-state index contributed by atoms with van der Waals surface area (Å²) in [5.74, 6) is 1.01. The van der Waals surface area contributed by atoms with E-state index < -0.39 is 0 Å². The molecule has 0 aliphatic rings. The second-order valence-corrected chi connectivity index (χ2v) is 9.15. The lowest BCUT2D eigenvalue weighted by molar-refractivity contribution is 0.242. The van der Waals surface area contributed by atoms with Crippen molar-refractivity contribution in [1.82, 2.24) is 19.7 Å². The summed E-state index contributed by atoms with van der Waals surface area (Å²) >= 11 is 0. The van der Waals surface area contributed by atoms with Crippen LogP contribution in [-0.4, -0.2) is 26.2 Å². The van der Waals surface area contributed by atoms with Crippen LogP contribution >= 0.6 is 0 Å². The minimum atomic E-state index is 0.779.